The van der Waals surface area contributed by atoms with Gasteiger partial charge in [0.05, 0.1) is 11.7 Å². The van der Waals surface area contributed by atoms with Crippen molar-refractivity contribution >= 4 is 12.0 Å². The van der Waals surface area contributed by atoms with E-state index < -0.39 is 29.8 Å². The first kappa shape index (κ1) is 15.0. The summed E-state index contributed by atoms with van der Waals surface area (Å²) in [6.45, 7) is 3.16. The van der Waals surface area contributed by atoms with Crippen LogP contribution in [-0.4, -0.2) is 18.1 Å². The first-order valence-corrected chi connectivity index (χ1v) is 5.39. The fraction of sp³-hybridized carbons (Fsp3) is 0.333. The fourth-order valence-corrected chi connectivity index (χ4v) is 1.25. The molecule has 0 unspecified atom stereocenters. The number of imide groups is 1. The highest BCUT2D eigenvalue weighted by molar-refractivity contribution is 6.02. The zero-order valence-corrected chi connectivity index (χ0v) is 10.2. The second-order valence-electron chi connectivity index (χ2n) is 3.99. The van der Waals surface area contributed by atoms with Crippen molar-refractivity contribution in [2.75, 3.05) is 0 Å². The monoisotopic (exact) mass is 275 g/mol. The van der Waals surface area contributed by atoms with E-state index in [1.807, 2.05) is 5.32 Å². The second-order valence-corrected chi connectivity index (χ2v) is 3.99. The van der Waals surface area contributed by atoms with E-state index in [1.54, 1.807) is 13.8 Å². The number of alkyl halides is 3. The van der Waals surface area contributed by atoms with E-state index in [1.165, 1.54) is 6.07 Å². The molecule has 104 valence electrons. The molecule has 0 saturated carbocycles. The van der Waals surface area contributed by atoms with Crippen LogP contribution >= 0.6 is 0 Å². The van der Waals surface area contributed by atoms with E-state index in [0.29, 0.717) is 6.07 Å². The van der Waals surface area contributed by atoms with Gasteiger partial charge in [0.1, 0.15) is 0 Å². The summed E-state index contributed by atoms with van der Waals surface area (Å²) < 4.78 is 42.0. The first-order valence-electron chi connectivity index (χ1n) is 5.39. The summed E-state index contributed by atoms with van der Waals surface area (Å²) >= 11 is 0. The standard InChI is InChI=1S/C12H12F3NO3/c1-7(2)19-11(18)16-10(17)8-4-3-5-9(6-8)12(13,14)15/h3-7H,1-2H3,(H,16,17,18). The average Bonchev–Trinajstić information content (AvgIpc) is 2.26. The van der Waals surface area contributed by atoms with E-state index in [0.717, 1.165) is 12.1 Å². The van der Waals surface area contributed by atoms with E-state index in [-0.39, 0.29) is 5.56 Å². The summed E-state index contributed by atoms with van der Waals surface area (Å²) in [5.74, 6) is -0.947. The molecule has 0 heterocycles. The minimum atomic E-state index is -4.55. The summed E-state index contributed by atoms with van der Waals surface area (Å²) in [4.78, 5) is 22.7. The Morgan fingerprint density at radius 2 is 1.89 bits per heavy atom. The number of nitrogens with one attached hydrogen (secondary N) is 1. The third-order valence-corrected chi connectivity index (χ3v) is 2.01. The van der Waals surface area contributed by atoms with Gasteiger partial charge >= 0.3 is 12.3 Å². The Morgan fingerprint density at radius 3 is 2.42 bits per heavy atom. The predicted octanol–water partition coefficient (Wildman–Crippen LogP) is 2.98. The molecule has 1 aromatic rings. The second kappa shape index (κ2) is 5.73. The number of rotatable bonds is 2. The van der Waals surface area contributed by atoms with Crippen LogP contribution in [0.2, 0.25) is 0 Å². The number of carbonyl (C=O) groups excluding carboxylic acids is 2. The van der Waals surface area contributed by atoms with Gasteiger partial charge in [-0.2, -0.15) is 13.2 Å². The third-order valence-electron chi connectivity index (χ3n) is 2.01. The molecule has 0 bridgehead atoms. The van der Waals surface area contributed by atoms with Crippen molar-refractivity contribution in [3.05, 3.63) is 35.4 Å². The Hall–Kier alpha value is -2.05. The summed E-state index contributed by atoms with van der Waals surface area (Å²) in [7, 11) is 0. The molecule has 0 fully saturated rings. The molecule has 19 heavy (non-hydrogen) atoms. The van der Waals surface area contributed by atoms with Gasteiger partial charge < -0.3 is 4.74 Å². The molecule has 0 saturated heterocycles. The molecule has 0 radical (unpaired) electrons. The lowest BCUT2D eigenvalue weighted by Gasteiger charge is -2.10. The molecule has 0 aliphatic carbocycles. The fourth-order valence-electron chi connectivity index (χ4n) is 1.25. The number of amides is 2. The maximum absolute atomic E-state index is 12.4. The predicted molar refractivity (Wildman–Crippen MR) is 60.5 cm³/mol. The van der Waals surface area contributed by atoms with Crippen molar-refractivity contribution < 1.29 is 27.5 Å². The van der Waals surface area contributed by atoms with Gasteiger partial charge in [0.25, 0.3) is 5.91 Å². The lowest BCUT2D eigenvalue weighted by molar-refractivity contribution is -0.137. The van der Waals surface area contributed by atoms with E-state index >= 15 is 0 Å². The molecule has 0 spiro atoms. The summed E-state index contributed by atoms with van der Waals surface area (Å²) in [5, 5.41) is 1.84. The lowest BCUT2D eigenvalue weighted by Crippen LogP contribution is -2.32. The lowest BCUT2D eigenvalue weighted by atomic mass is 10.1. The smallest absolute Gasteiger partial charge is 0.416 e. The maximum Gasteiger partial charge on any atom is 0.416 e. The number of benzene rings is 1. The molecule has 1 aromatic carbocycles. The van der Waals surface area contributed by atoms with Crippen molar-refractivity contribution in [2.24, 2.45) is 0 Å². The molecular formula is C12H12F3NO3. The highest BCUT2D eigenvalue weighted by atomic mass is 19.4. The number of hydrogen-bond acceptors (Lipinski definition) is 3. The van der Waals surface area contributed by atoms with Crippen molar-refractivity contribution in [2.45, 2.75) is 26.1 Å². The van der Waals surface area contributed by atoms with Crippen molar-refractivity contribution in [1.29, 1.82) is 0 Å². The highest BCUT2D eigenvalue weighted by Gasteiger charge is 2.31. The summed E-state index contributed by atoms with van der Waals surface area (Å²) in [5.41, 5.74) is -1.23. The molecule has 1 rings (SSSR count). The van der Waals surface area contributed by atoms with Crippen LogP contribution in [-0.2, 0) is 10.9 Å². The van der Waals surface area contributed by atoms with Crippen LogP contribution in [0.3, 0.4) is 0 Å². The minimum absolute atomic E-state index is 0.268. The Labute approximate surface area is 107 Å². The summed E-state index contributed by atoms with van der Waals surface area (Å²) in [6, 6.07) is 3.76. The third kappa shape index (κ3) is 4.61. The van der Waals surface area contributed by atoms with Gasteiger partial charge in [0, 0.05) is 5.56 Å². The molecule has 1 N–H and O–H groups in total. The number of hydrogen-bond donors (Lipinski definition) is 1. The van der Waals surface area contributed by atoms with Crippen molar-refractivity contribution in [3.8, 4) is 0 Å². The van der Waals surface area contributed by atoms with Crippen LogP contribution < -0.4 is 5.32 Å². The summed E-state index contributed by atoms with van der Waals surface area (Å²) in [6.07, 6.45) is -5.99. The molecule has 0 aliphatic rings. The molecule has 7 heteroatoms. The SMILES string of the molecule is CC(C)OC(=O)NC(=O)c1cccc(C(F)(F)F)c1. The Morgan fingerprint density at radius 1 is 1.26 bits per heavy atom. The van der Waals surface area contributed by atoms with Crippen LogP contribution in [0.4, 0.5) is 18.0 Å². The molecular weight excluding hydrogens is 263 g/mol. The average molecular weight is 275 g/mol. The largest absolute Gasteiger partial charge is 0.447 e. The number of carbonyl (C=O) groups is 2. The molecule has 0 aliphatic heterocycles. The van der Waals surface area contributed by atoms with Crippen LogP contribution in [0.5, 0.6) is 0 Å². The zero-order valence-electron chi connectivity index (χ0n) is 10.2. The molecule has 4 nitrogen and oxygen atoms in total. The van der Waals surface area contributed by atoms with Crippen molar-refractivity contribution in [1.82, 2.24) is 5.32 Å². The van der Waals surface area contributed by atoms with Crippen LogP contribution in [0, 0.1) is 0 Å². The quantitative estimate of drug-likeness (QED) is 0.902. The van der Waals surface area contributed by atoms with E-state index in [2.05, 4.69) is 4.74 Å². The maximum atomic E-state index is 12.4. The Balaban J connectivity index is 2.81. The van der Waals surface area contributed by atoms with Gasteiger partial charge in [-0.3, -0.25) is 10.1 Å². The van der Waals surface area contributed by atoms with E-state index in [9.17, 15) is 22.8 Å². The van der Waals surface area contributed by atoms with Gasteiger partial charge in [0.2, 0.25) is 0 Å². The number of alkyl carbamates (subject to hydrolysis) is 1. The first-order chi connectivity index (χ1) is 8.70. The molecule has 2 amide bonds. The van der Waals surface area contributed by atoms with Crippen LogP contribution in [0.1, 0.15) is 29.8 Å². The Bertz CT molecular complexity index is 483. The zero-order chi connectivity index (χ0) is 14.6. The van der Waals surface area contributed by atoms with Crippen molar-refractivity contribution in [3.63, 3.8) is 0 Å². The molecule has 0 atom stereocenters. The van der Waals surface area contributed by atoms with Gasteiger partial charge in [0.15, 0.2) is 0 Å². The van der Waals surface area contributed by atoms with Crippen LogP contribution in [0.25, 0.3) is 0 Å². The molecule has 0 aromatic heterocycles. The van der Waals surface area contributed by atoms with Gasteiger partial charge in [-0.15, -0.1) is 0 Å². The Kier molecular flexibility index (Phi) is 4.52. The number of halogens is 3. The number of ether oxygens (including phenoxy) is 1. The normalized spacial score (nSPS) is 11.3. The van der Waals surface area contributed by atoms with Gasteiger partial charge in [-0.25, -0.2) is 4.79 Å². The minimum Gasteiger partial charge on any atom is -0.447 e. The van der Waals surface area contributed by atoms with Gasteiger partial charge in [-0.1, -0.05) is 6.07 Å². The highest BCUT2D eigenvalue weighted by Crippen LogP contribution is 2.29. The topological polar surface area (TPSA) is 55.4 Å². The van der Waals surface area contributed by atoms with Gasteiger partial charge in [-0.05, 0) is 32.0 Å². The van der Waals surface area contributed by atoms with E-state index in [4.69, 9.17) is 0 Å². The van der Waals surface area contributed by atoms with Crippen LogP contribution in [0.15, 0.2) is 24.3 Å².